The zero-order valence-electron chi connectivity index (χ0n) is 8.63. The molecule has 1 aromatic heterocycles. The number of nitrogens with zero attached hydrogens (tertiary/aromatic N) is 3. The van der Waals surface area contributed by atoms with Gasteiger partial charge in [-0.25, -0.2) is 9.48 Å². The van der Waals surface area contributed by atoms with Gasteiger partial charge >= 0.3 is 5.97 Å². The quantitative estimate of drug-likeness (QED) is 0.833. The lowest BCUT2D eigenvalue weighted by Gasteiger charge is -2.25. The third kappa shape index (κ3) is 1.21. The van der Waals surface area contributed by atoms with Gasteiger partial charge in [-0.05, 0) is 31.4 Å². The minimum Gasteiger partial charge on any atom is -0.478 e. The number of hydrogen-bond acceptors (Lipinski definition) is 3. The average molecular weight is 217 g/mol. The van der Waals surface area contributed by atoms with E-state index < -0.39 is 5.97 Å². The Hall–Kier alpha value is -1.91. The van der Waals surface area contributed by atoms with Crippen molar-refractivity contribution in [2.45, 2.75) is 25.3 Å². The van der Waals surface area contributed by atoms with Crippen LogP contribution in [0.3, 0.4) is 0 Å². The zero-order valence-corrected chi connectivity index (χ0v) is 8.63. The molecule has 1 heterocycles. The van der Waals surface area contributed by atoms with Crippen molar-refractivity contribution in [3.05, 3.63) is 23.8 Å². The van der Waals surface area contributed by atoms with E-state index in [1.54, 1.807) is 12.1 Å². The Bertz CT molecular complexity index is 557. The van der Waals surface area contributed by atoms with E-state index in [9.17, 15) is 4.79 Å². The number of benzene rings is 1. The summed E-state index contributed by atoms with van der Waals surface area (Å²) in [6.07, 6.45) is 3.43. The SMILES string of the molecule is O=C(O)c1cccc2c1nnn2C1CCC1. The first-order valence-electron chi connectivity index (χ1n) is 5.34. The van der Waals surface area contributed by atoms with Gasteiger partial charge in [-0.2, -0.15) is 0 Å². The molecular formula is C11H11N3O2. The smallest absolute Gasteiger partial charge is 0.338 e. The Morgan fingerprint density at radius 2 is 2.25 bits per heavy atom. The van der Waals surface area contributed by atoms with E-state index in [0.717, 1.165) is 18.4 Å². The van der Waals surface area contributed by atoms with Crippen molar-refractivity contribution in [2.75, 3.05) is 0 Å². The van der Waals surface area contributed by atoms with Crippen LogP contribution in [0.4, 0.5) is 0 Å². The predicted molar refractivity (Wildman–Crippen MR) is 57.4 cm³/mol. The van der Waals surface area contributed by atoms with Gasteiger partial charge in [-0.15, -0.1) is 5.10 Å². The van der Waals surface area contributed by atoms with Crippen LogP contribution in [-0.4, -0.2) is 26.1 Å². The number of carbonyl (C=O) groups is 1. The highest BCUT2D eigenvalue weighted by Gasteiger charge is 2.23. The van der Waals surface area contributed by atoms with Crippen LogP contribution in [0, 0.1) is 0 Å². The van der Waals surface area contributed by atoms with E-state index in [-0.39, 0.29) is 5.56 Å². The highest BCUT2D eigenvalue weighted by molar-refractivity contribution is 6.00. The molecule has 0 unspecified atom stereocenters. The third-order valence-electron chi connectivity index (χ3n) is 3.15. The van der Waals surface area contributed by atoms with E-state index in [2.05, 4.69) is 10.3 Å². The molecule has 5 heteroatoms. The van der Waals surface area contributed by atoms with Crippen molar-refractivity contribution < 1.29 is 9.90 Å². The second-order valence-electron chi connectivity index (χ2n) is 4.10. The van der Waals surface area contributed by atoms with Crippen LogP contribution < -0.4 is 0 Å². The highest BCUT2D eigenvalue weighted by atomic mass is 16.4. The van der Waals surface area contributed by atoms with Gasteiger partial charge in [0.05, 0.1) is 17.1 Å². The minimum absolute atomic E-state index is 0.225. The molecule has 1 aliphatic carbocycles. The summed E-state index contributed by atoms with van der Waals surface area (Å²) in [6, 6.07) is 5.57. The second-order valence-corrected chi connectivity index (χ2v) is 4.10. The van der Waals surface area contributed by atoms with Crippen LogP contribution in [0.2, 0.25) is 0 Å². The largest absolute Gasteiger partial charge is 0.478 e. The zero-order chi connectivity index (χ0) is 11.1. The number of hydrogen-bond donors (Lipinski definition) is 1. The van der Waals surface area contributed by atoms with Crippen molar-refractivity contribution >= 4 is 17.0 Å². The molecule has 82 valence electrons. The lowest BCUT2D eigenvalue weighted by molar-refractivity contribution is 0.0699. The molecule has 0 radical (unpaired) electrons. The van der Waals surface area contributed by atoms with Crippen molar-refractivity contribution in [3.63, 3.8) is 0 Å². The maximum absolute atomic E-state index is 11.0. The van der Waals surface area contributed by atoms with E-state index in [1.807, 2.05) is 10.7 Å². The number of fused-ring (bicyclic) bond motifs is 1. The van der Waals surface area contributed by atoms with Crippen molar-refractivity contribution in [3.8, 4) is 0 Å². The van der Waals surface area contributed by atoms with Crippen LogP contribution in [0.25, 0.3) is 11.0 Å². The van der Waals surface area contributed by atoms with E-state index in [4.69, 9.17) is 5.11 Å². The molecule has 16 heavy (non-hydrogen) atoms. The van der Waals surface area contributed by atoms with Gasteiger partial charge in [0, 0.05) is 0 Å². The molecule has 1 N–H and O–H groups in total. The summed E-state index contributed by atoms with van der Waals surface area (Å²) in [5.74, 6) is -0.953. The first kappa shape index (κ1) is 9.33. The topological polar surface area (TPSA) is 68.0 Å². The Kier molecular flexibility index (Phi) is 1.92. The molecular weight excluding hydrogens is 206 g/mol. The van der Waals surface area contributed by atoms with Gasteiger partial charge < -0.3 is 5.11 Å². The van der Waals surface area contributed by atoms with Gasteiger partial charge in [0.2, 0.25) is 0 Å². The van der Waals surface area contributed by atoms with Gasteiger partial charge in [0.25, 0.3) is 0 Å². The normalized spacial score (nSPS) is 16.2. The molecule has 0 spiro atoms. The number of carboxylic acid groups (broad SMARTS) is 1. The summed E-state index contributed by atoms with van der Waals surface area (Å²) in [7, 11) is 0. The molecule has 0 saturated heterocycles. The van der Waals surface area contributed by atoms with Gasteiger partial charge in [0.1, 0.15) is 5.52 Å². The maximum atomic E-state index is 11.0. The average Bonchev–Trinajstić information content (AvgIpc) is 2.59. The summed E-state index contributed by atoms with van der Waals surface area (Å²) in [6.45, 7) is 0. The molecule has 1 saturated carbocycles. The van der Waals surface area contributed by atoms with Gasteiger partial charge in [0.15, 0.2) is 0 Å². The maximum Gasteiger partial charge on any atom is 0.338 e. The van der Waals surface area contributed by atoms with Crippen LogP contribution >= 0.6 is 0 Å². The lowest BCUT2D eigenvalue weighted by atomic mass is 9.93. The van der Waals surface area contributed by atoms with E-state index in [0.29, 0.717) is 11.6 Å². The molecule has 5 nitrogen and oxygen atoms in total. The summed E-state index contributed by atoms with van der Waals surface area (Å²) < 4.78 is 1.85. The van der Waals surface area contributed by atoms with Crippen LogP contribution in [0.1, 0.15) is 35.7 Å². The first-order chi connectivity index (χ1) is 7.77. The van der Waals surface area contributed by atoms with E-state index >= 15 is 0 Å². The first-order valence-corrected chi connectivity index (χ1v) is 5.34. The summed E-state index contributed by atoms with van der Waals surface area (Å²) in [4.78, 5) is 11.0. The number of aromatic carboxylic acids is 1. The fraction of sp³-hybridized carbons (Fsp3) is 0.364. The fourth-order valence-corrected chi connectivity index (χ4v) is 2.04. The molecule has 1 fully saturated rings. The Balaban J connectivity index is 2.19. The van der Waals surface area contributed by atoms with Crippen molar-refractivity contribution in [1.29, 1.82) is 0 Å². The number of carboxylic acids is 1. The van der Waals surface area contributed by atoms with E-state index in [1.165, 1.54) is 6.42 Å². The number of aromatic nitrogens is 3. The molecule has 0 amide bonds. The van der Waals surface area contributed by atoms with Crippen LogP contribution in [-0.2, 0) is 0 Å². The predicted octanol–water partition coefficient (Wildman–Crippen LogP) is 1.85. The van der Waals surface area contributed by atoms with Gasteiger partial charge in [-0.1, -0.05) is 11.3 Å². The molecule has 1 aliphatic rings. The second kappa shape index (κ2) is 3.30. The van der Waals surface area contributed by atoms with Crippen molar-refractivity contribution in [1.82, 2.24) is 15.0 Å². The summed E-state index contributed by atoms with van der Waals surface area (Å²) >= 11 is 0. The summed E-state index contributed by atoms with van der Waals surface area (Å²) in [5.41, 5.74) is 1.54. The molecule has 0 bridgehead atoms. The fourth-order valence-electron chi connectivity index (χ4n) is 2.04. The molecule has 0 atom stereocenters. The molecule has 0 aliphatic heterocycles. The Labute approximate surface area is 91.7 Å². The summed E-state index contributed by atoms with van der Waals surface area (Å²) in [5, 5.41) is 17.1. The molecule has 1 aromatic carbocycles. The van der Waals surface area contributed by atoms with Crippen molar-refractivity contribution in [2.24, 2.45) is 0 Å². The highest BCUT2D eigenvalue weighted by Crippen LogP contribution is 2.33. The number of rotatable bonds is 2. The monoisotopic (exact) mass is 217 g/mol. The minimum atomic E-state index is -0.953. The standard InChI is InChI=1S/C11H11N3O2/c15-11(16)8-5-2-6-9-10(8)12-13-14(9)7-3-1-4-7/h2,5-7H,1,3-4H2,(H,15,16). The Morgan fingerprint density at radius 3 is 2.88 bits per heavy atom. The molecule has 3 rings (SSSR count). The van der Waals surface area contributed by atoms with Gasteiger partial charge in [-0.3, -0.25) is 0 Å². The third-order valence-corrected chi connectivity index (χ3v) is 3.15. The molecule has 2 aromatic rings. The Morgan fingerprint density at radius 1 is 1.44 bits per heavy atom. The van der Waals surface area contributed by atoms with Crippen LogP contribution in [0.5, 0.6) is 0 Å². The van der Waals surface area contributed by atoms with Crippen LogP contribution in [0.15, 0.2) is 18.2 Å². The lowest BCUT2D eigenvalue weighted by Crippen LogP contribution is -2.18.